The molecule has 0 aromatic heterocycles. The van der Waals surface area contributed by atoms with E-state index < -0.39 is 9.84 Å². The van der Waals surface area contributed by atoms with Gasteiger partial charge >= 0.3 is 0 Å². The Morgan fingerprint density at radius 1 is 1.00 bits per heavy atom. The van der Waals surface area contributed by atoms with E-state index in [0.29, 0.717) is 16.6 Å². The van der Waals surface area contributed by atoms with Crippen LogP contribution >= 0.6 is 0 Å². The van der Waals surface area contributed by atoms with Crippen LogP contribution in [0.4, 0.5) is 0 Å². The smallest absolute Gasteiger partial charge is 0.206 e. The molecule has 0 fully saturated rings. The maximum absolute atomic E-state index is 12.9. The van der Waals surface area contributed by atoms with Gasteiger partial charge < -0.3 is 4.74 Å². The normalized spacial score (nSPS) is 12.4. The largest absolute Gasteiger partial charge is 0.488 e. The first kappa shape index (κ1) is 19.5. The summed E-state index contributed by atoms with van der Waals surface area (Å²) in [6.45, 7) is 10.3. The number of benzene rings is 2. The molecule has 0 unspecified atom stereocenters. The molecule has 2 aromatic rings. The lowest BCUT2D eigenvalue weighted by atomic mass is 10.0. The first-order chi connectivity index (χ1) is 11.6. The van der Waals surface area contributed by atoms with Gasteiger partial charge in [-0.2, -0.15) is 0 Å². The second-order valence-electron chi connectivity index (χ2n) is 7.44. The van der Waals surface area contributed by atoms with Crippen LogP contribution in [0.25, 0.3) is 0 Å². The van der Waals surface area contributed by atoms with E-state index in [9.17, 15) is 8.42 Å². The van der Waals surface area contributed by atoms with E-state index in [1.165, 1.54) is 0 Å². The van der Waals surface area contributed by atoms with Crippen LogP contribution in [0.3, 0.4) is 0 Å². The second-order valence-corrected chi connectivity index (χ2v) is 9.39. The van der Waals surface area contributed by atoms with Crippen LogP contribution in [0.5, 0.6) is 5.75 Å². The Labute approximate surface area is 152 Å². The first-order valence-corrected chi connectivity index (χ1v) is 10.3. The predicted molar refractivity (Wildman–Crippen MR) is 102 cm³/mol. The van der Waals surface area contributed by atoms with Crippen LogP contribution in [0.1, 0.15) is 46.6 Å². The number of hydrogen-bond acceptors (Lipinski definition) is 3. The number of rotatable bonds is 7. The maximum Gasteiger partial charge on any atom is 0.206 e. The molecule has 0 bridgehead atoms. The molecule has 0 saturated carbocycles. The second kappa shape index (κ2) is 7.61. The molecular weight excluding hydrogens is 332 g/mol. The lowest BCUT2D eigenvalue weighted by molar-refractivity contribution is 0.105. The van der Waals surface area contributed by atoms with Crippen molar-refractivity contribution in [3.8, 4) is 5.75 Å². The van der Waals surface area contributed by atoms with Gasteiger partial charge in [0, 0.05) is 0 Å². The third-order valence-electron chi connectivity index (χ3n) is 4.23. The highest BCUT2D eigenvalue weighted by Crippen LogP contribution is 2.26. The van der Waals surface area contributed by atoms with Crippen LogP contribution in [0.2, 0.25) is 0 Å². The summed E-state index contributed by atoms with van der Waals surface area (Å²) >= 11 is 0. The number of hydrogen-bond donors (Lipinski definition) is 0. The van der Waals surface area contributed by atoms with Gasteiger partial charge in [0.15, 0.2) is 0 Å². The molecule has 4 heteroatoms. The highest BCUT2D eigenvalue weighted by Gasteiger charge is 2.20. The molecular formula is C21H28O3S. The molecule has 0 aliphatic carbocycles. The zero-order chi connectivity index (χ0) is 18.7. The van der Waals surface area contributed by atoms with Crippen LogP contribution in [-0.2, 0) is 16.3 Å². The van der Waals surface area contributed by atoms with E-state index in [4.69, 9.17) is 4.74 Å². The zero-order valence-electron chi connectivity index (χ0n) is 15.7. The number of sulfone groups is 1. The molecule has 0 aliphatic heterocycles. The van der Waals surface area contributed by atoms with Gasteiger partial charge in [-0.15, -0.1) is 0 Å². The highest BCUT2D eigenvalue weighted by molar-refractivity contribution is 7.91. The maximum atomic E-state index is 12.9. The summed E-state index contributed by atoms with van der Waals surface area (Å²) in [6.07, 6.45) is 1.73. The van der Waals surface area contributed by atoms with Crippen molar-refractivity contribution >= 4 is 9.84 Å². The third kappa shape index (κ3) is 5.08. The summed E-state index contributed by atoms with van der Waals surface area (Å²) in [6, 6.07) is 13.9. The first-order valence-electron chi connectivity index (χ1n) is 8.77. The molecule has 2 rings (SSSR count). The van der Waals surface area contributed by atoms with Crippen molar-refractivity contribution < 1.29 is 13.2 Å². The lowest BCUT2D eigenvalue weighted by Crippen LogP contribution is -2.26. The monoisotopic (exact) mass is 360 g/mol. The molecule has 0 spiro atoms. The van der Waals surface area contributed by atoms with E-state index in [2.05, 4.69) is 20.8 Å². The topological polar surface area (TPSA) is 43.4 Å². The third-order valence-corrected chi connectivity index (χ3v) is 6.00. The van der Waals surface area contributed by atoms with E-state index in [-0.39, 0.29) is 10.5 Å². The van der Waals surface area contributed by atoms with Crippen LogP contribution in [0.15, 0.2) is 58.3 Å². The van der Waals surface area contributed by atoms with Crippen LogP contribution < -0.4 is 4.74 Å². The van der Waals surface area contributed by atoms with Crippen molar-refractivity contribution in [2.75, 3.05) is 0 Å². The summed E-state index contributed by atoms with van der Waals surface area (Å²) in [5.41, 5.74) is 0.770. The zero-order valence-corrected chi connectivity index (χ0v) is 16.6. The van der Waals surface area contributed by atoms with Gasteiger partial charge in [-0.1, -0.05) is 32.9 Å². The minimum Gasteiger partial charge on any atom is -0.488 e. The summed E-state index contributed by atoms with van der Waals surface area (Å²) in [4.78, 5) is 0.629. The Morgan fingerprint density at radius 3 is 2.20 bits per heavy atom. The molecule has 0 atom stereocenters. The van der Waals surface area contributed by atoms with Crippen molar-refractivity contribution in [1.29, 1.82) is 0 Å². The average Bonchev–Trinajstić information content (AvgIpc) is 2.54. The van der Waals surface area contributed by atoms with Crippen molar-refractivity contribution in [2.24, 2.45) is 5.92 Å². The van der Waals surface area contributed by atoms with Gasteiger partial charge in [0.2, 0.25) is 9.84 Å². The Balaban J connectivity index is 2.28. The molecule has 0 saturated heterocycles. The minimum absolute atomic E-state index is 0.272. The van der Waals surface area contributed by atoms with Crippen molar-refractivity contribution in [3.05, 3.63) is 54.1 Å². The van der Waals surface area contributed by atoms with Gasteiger partial charge in [-0.05, 0) is 74.6 Å². The molecule has 0 N–H and O–H groups in total. The van der Waals surface area contributed by atoms with E-state index in [1.807, 2.05) is 26.0 Å². The minimum atomic E-state index is -3.52. The van der Waals surface area contributed by atoms with Gasteiger partial charge in [-0.25, -0.2) is 8.42 Å². The van der Waals surface area contributed by atoms with E-state index in [0.717, 1.165) is 18.4 Å². The molecule has 3 nitrogen and oxygen atoms in total. The lowest BCUT2D eigenvalue weighted by Gasteiger charge is -2.24. The summed E-state index contributed by atoms with van der Waals surface area (Å²) < 4.78 is 31.7. The van der Waals surface area contributed by atoms with Crippen molar-refractivity contribution in [2.45, 2.75) is 62.9 Å². The summed E-state index contributed by atoms with van der Waals surface area (Å²) in [5, 5.41) is 0. The van der Waals surface area contributed by atoms with E-state index in [1.54, 1.807) is 36.4 Å². The van der Waals surface area contributed by atoms with Crippen molar-refractivity contribution in [1.82, 2.24) is 0 Å². The fourth-order valence-electron chi connectivity index (χ4n) is 2.53. The van der Waals surface area contributed by atoms with Crippen LogP contribution in [0, 0.1) is 5.92 Å². The fraction of sp³-hybridized carbons (Fsp3) is 0.429. The predicted octanol–water partition coefficient (Wildman–Crippen LogP) is 5.29. The van der Waals surface area contributed by atoms with Gasteiger partial charge in [-0.3, -0.25) is 0 Å². The van der Waals surface area contributed by atoms with E-state index >= 15 is 0 Å². The highest BCUT2D eigenvalue weighted by atomic mass is 32.2. The summed E-state index contributed by atoms with van der Waals surface area (Å²) in [5.74, 6) is 1.16. The van der Waals surface area contributed by atoms with Gasteiger partial charge in [0.25, 0.3) is 0 Å². The number of ether oxygens (including phenoxy) is 1. The molecule has 0 aliphatic rings. The molecule has 136 valence electrons. The Morgan fingerprint density at radius 2 is 1.64 bits per heavy atom. The Bertz CT molecular complexity index is 803. The molecule has 0 radical (unpaired) electrons. The standard InChI is InChI=1S/C21H28O3S/c1-6-21(4,5)24-18-10-12-19(13-11-18)25(22,23)20-9-7-8-17(15-20)14-16(2)3/h7-13,15-16H,6,14H2,1-5H3. The summed E-state index contributed by atoms with van der Waals surface area (Å²) in [7, 11) is -3.52. The quantitative estimate of drug-likeness (QED) is 0.674. The van der Waals surface area contributed by atoms with Gasteiger partial charge in [0.1, 0.15) is 11.4 Å². The Hall–Kier alpha value is -1.81. The molecule has 25 heavy (non-hydrogen) atoms. The molecule has 0 amide bonds. The Kier molecular flexibility index (Phi) is 5.94. The fourth-order valence-corrected chi connectivity index (χ4v) is 3.86. The van der Waals surface area contributed by atoms with Gasteiger partial charge in [0.05, 0.1) is 9.79 Å². The SMILES string of the molecule is CCC(C)(C)Oc1ccc(S(=O)(=O)c2cccc(CC(C)C)c2)cc1. The average molecular weight is 361 g/mol. The molecule has 2 aromatic carbocycles. The molecule has 0 heterocycles. The van der Waals surface area contributed by atoms with Crippen LogP contribution in [-0.4, -0.2) is 14.0 Å². The van der Waals surface area contributed by atoms with Crippen molar-refractivity contribution in [3.63, 3.8) is 0 Å².